The fourth-order valence-electron chi connectivity index (χ4n) is 2.68. The van der Waals surface area contributed by atoms with E-state index in [9.17, 15) is 4.79 Å². The van der Waals surface area contributed by atoms with E-state index in [2.05, 4.69) is 21.4 Å². The van der Waals surface area contributed by atoms with Crippen LogP contribution < -0.4 is 0 Å². The molecule has 0 spiro atoms. The summed E-state index contributed by atoms with van der Waals surface area (Å²) in [6.07, 6.45) is 3.58. The van der Waals surface area contributed by atoms with Crippen LogP contribution in [0, 0.1) is 11.3 Å². The Morgan fingerprint density at radius 1 is 1.57 bits per heavy atom. The molecule has 2 aromatic heterocycles. The summed E-state index contributed by atoms with van der Waals surface area (Å²) in [4.78, 5) is 12.1. The van der Waals surface area contributed by atoms with Crippen molar-refractivity contribution in [3.05, 3.63) is 23.1 Å². The number of hydrogen-bond donors (Lipinski definition) is 1. The number of nitrogens with zero attached hydrogens (tertiary/aromatic N) is 4. The van der Waals surface area contributed by atoms with Gasteiger partial charge in [0.15, 0.2) is 5.69 Å². The van der Waals surface area contributed by atoms with E-state index in [1.54, 1.807) is 17.8 Å². The number of aryl methyl sites for hydroxylation is 2. The van der Waals surface area contributed by atoms with Gasteiger partial charge in [0.2, 0.25) is 0 Å². The molecule has 0 aromatic carbocycles. The van der Waals surface area contributed by atoms with Crippen molar-refractivity contribution in [3.8, 4) is 17.3 Å². The molecule has 0 amide bonds. The van der Waals surface area contributed by atoms with Crippen LogP contribution in [-0.2, 0) is 24.1 Å². The molecule has 0 atom stereocenters. The first-order chi connectivity index (χ1) is 10.3. The van der Waals surface area contributed by atoms with E-state index >= 15 is 0 Å². The zero-order chi connectivity index (χ0) is 14.8. The Morgan fingerprint density at radius 3 is 3.19 bits per heavy atom. The van der Waals surface area contributed by atoms with Crippen LogP contribution in [0.5, 0.6) is 0 Å². The van der Waals surface area contributed by atoms with Crippen LogP contribution in [-0.4, -0.2) is 32.6 Å². The van der Waals surface area contributed by atoms with E-state index < -0.39 is 5.97 Å². The van der Waals surface area contributed by atoms with Gasteiger partial charge in [-0.2, -0.15) is 15.5 Å². The minimum absolute atomic E-state index is 0.315. The molecule has 0 saturated heterocycles. The SMILES string of the molecule is CCOC(=O)c1nn(CCC#N)c2c1CCc1[nH]ncc1-2. The number of ether oxygens (including phenoxy) is 1. The van der Waals surface area contributed by atoms with Gasteiger partial charge in [0.25, 0.3) is 0 Å². The number of nitrogens with one attached hydrogen (secondary N) is 1. The number of nitriles is 1. The summed E-state index contributed by atoms with van der Waals surface area (Å²) in [5.41, 5.74) is 4.12. The standard InChI is InChI=1S/C14H15N5O2/c1-2-21-14(20)12-9-4-5-11-10(8-16-17-11)13(9)19(18-12)7-3-6-15/h8H,2-5,7H2,1H3,(H,16,17). The van der Waals surface area contributed by atoms with Crippen LogP contribution in [0.4, 0.5) is 0 Å². The molecule has 108 valence electrons. The van der Waals surface area contributed by atoms with Gasteiger partial charge >= 0.3 is 5.97 Å². The van der Waals surface area contributed by atoms with Gasteiger partial charge in [-0.25, -0.2) is 4.79 Å². The summed E-state index contributed by atoms with van der Waals surface area (Å²) in [5.74, 6) is -0.406. The zero-order valence-electron chi connectivity index (χ0n) is 11.7. The Labute approximate surface area is 121 Å². The van der Waals surface area contributed by atoms with Gasteiger partial charge in [-0.1, -0.05) is 0 Å². The lowest BCUT2D eigenvalue weighted by Gasteiger charge is -2.13. The van der Waals surface area contributed by atoms with Gasteiger partial charge in [0.05, 0.1) is 37.5 Å². The highest BCUT2D eigenvalue weighted by molar-refractivity contribution is 5.92. The maximum absolute atomic E-state index is 12.1. The van der Waals surface area contributed by atoms with Gasteiger partial charge < -0.3 is 4.74 Å². The Bertz CT molecular complexity index is 722. The number of H-pyrrole nitrogens is 1. The predicted octanol–water partition coefficient (Wildman–Crippen LogP) is 1.46. The average molecular weight is 285 g/mol. The van der Waals surface area contributed by atoms with Gasteiger partial charge in [0.1, 0.15) is 0 Å². The maximum atomic E-state index is 12.1. The second-order valence-electron chi connectivity index (χ2n) is 4.79. The number of fused-ring (bicyclic) bond motifs is 3. The number of esters is 1. The van der Waals surface area contributed by atoms with Crippen molar-refractivity contribution in [3.63, 3.8) is 0 Å². The Balaban J connectivity index is 2.10. The number of hydrogen-bond acceptors (Lipinski definition) is 5. The first kappa shape index (κ1) is 13.4. The minimum Gasteiger partial charge on any atom is -0.461 e. The molecule has 1 N–H and O–H groups in total. The van der Waals surface area contributed by atoms with Crippen LogP contribution in [0.25, 0.3) is 11.3 Å². The van der Waals surface area contributed by atoms with E-state index in [4.69, 9.17) is 10.00 Å². The van der Waals surface area contributed by atoms with Crippen molar-refractivity contribution >= 4 is 5.97 Å². The van der Waals surface area contributed by atoms with E-state index in [0.29, 0.717) is 31.7 Å². The molecule has 7 heteroatoms. The first-order valence-electron chi connectivity index (χ1n) is 6.92. The second kappa shape index (κ2) is 5.40. The van der Waals surface area contributed by atoms with Crippen molar-refractivity contribution < 1.29 is 9.53 Å². The van der Waals surface area contributed by atoms with E-state index in [0.717, 1.165) is 28.9 Å². The third kappa shape index (κ3) is 2.18. The molecule has 3 rings (SSSR count). The van der Waals surface area contributed by atoms with Crippen LogP contribution in [0.1, 0.15) is 35.1 Å². The van der Waals surface area contributed by atoms with Crippen molar-refractivity contribution in [1.29, 1.82) is 5.26 Å². The summed E-state index contributed by atoms with van der Waals surface area (Å²) >= 11 is 0. The topological polar surface area (TPSA) is 96.6 Å². The average Bonchev–Trinajstić information content (AvgIpc) is 3.09. The minimum atomic E-state index is -0.406. The molecule has 2 heterocycles. The molecule has 7 nitrogen and oxygen atoms in total. The fourth-order valence-corrected chi connectivity index (χ4v) is 2.68. The lowest BCUT2D eigenvalue weighted by Crippen LogP contribution is -2.10. The van der Waals surface area contributed by atoms with Gasteiger partial charge in [-0.15, -0.1) is 0 Å². The molecule has 21 heavy (non-hydrogen) atoms. The summed E-state index contributed by atoms with van der Waals surface area (Å²) < 4.78 is 6.80. The van der Waals surface area contributed by atoms with Gasteiger partial charge in [0, 0.05) is 16.8 Å². The smallest absolute Gasteiger partial charge is 0.359 e. The molecular formula is C14H15N5O2. The summed E-state index contributed by atoms with van der Waals surface area (Å²) in [6.45, 7) is 2.53. The second-order valence-corrected chi connectivity index (χ2v) is 4.79. The summed E-state index contributed by atoms with van der Waals surface area (Å²) in [5, 5.41) is 20.2. The first-order valence-corrected chi connectivity index (χ1v) is 6.92. The molecule has 0 fully saturated rings. The Hall–Kier alpha value is -2.62. The van der Waals surface area contributed by atoms with Crippen LogP contribution in [0.2, 0.25) is 0 Å². The highest BCUT2D eigenvalue weighted by Crippen LogP contribution is 2.34. The highest BCUT2D eigenvalue weighted by atomic mass is 16.5. The quantitative estimate of drug-likeness (QED) is 0.858. The summed E-state index contributed by atoms with van der Waals surface area (Å²) in [7, 11) is 0. The van der Waals surface area contributed by atoms with E-state index in [1.165, 1.54) is 0 Å². The largest absolute Gasteiger partial charge is 0.461 e. The molecule has 0 radical (unpaired) electrons. The normalized spacial score (nSPS) is 12.4. The fraction of sp³-hybridized carbons (Fsp3) is 0.429. The molecule has 0 bridgehead atoms. The van der Waals surface area contributed by atoms with Crippen molar-refractivity contribution in [1.82, 2.24) is 20.0 Å². The van der Waals surface area contributed by atoms with Crippen LogP contribution >= 0.6 is 0 Å². The van der Waals surface area contributed by atoms with Gasteiger partial charge in [-0.05, 0) is 19.8 Å². The molecule has 1 aliphatic carbocycles. The molecule has 1 aliphatic rings. The Kier molecular flexibility index (Phi) is 3.44. The van der Waals surface area contributed by atoms with Crippen molar-refractivity contribution in [2.24, 2.45) is 0 Å². The molecule has 2 aromatic rings. The number of aromatic amines is 1. The zero-order valence-corrected chi connectivity index (χ0v) is 11.7. The van der Waals surface area contributed by atoms with Crippen molar-refractivity contribution in [2.75, 3.05) is 6.61 Å². The number of carbonyl (C=O) groups excluding carboxylic acids is 1. The highest BCUT2D eigenvalue weighted by Gasteiger charge is 2.29. The number of carbonyl (C=O) groups is 1. The monoisotopic (exact) mass is 285 g/mol. The molecular weight excluding hydrogens is 270 g/mol. The van der Waals surface area contributed by atoms with Gasteiger partial charge in [-0.3, -0.25) is 9.78 Å². The number of rotatable bonds is 4. The molecule has 0 saturated carbocycles. The predicted molar refractivity (Wildman–Crippen MR) is 73.4 cm³/mol. The van der Waals surface area contributed by atoms with E-state index in [1.807, 2.05) is 0 Å². The van der Waals surface area contributed by atoms with Crippen LogP contribution in [0.3, 0.4) is 0 Å². The molecule has 0 aliphatic heterocycles. The van der Waals surface area contributed by atoms with E-state index in [-0.39, 0.29) is 0 Å². The number of aromatic nitrogens is 4. The maximum Gasteiger partial charge on any atom is 0.359 e. The lowest BCUT2D eigenvalue weighted by molar-refractivity contribution is 0.0517. The Morgan fingerprint density at radius 2 is 2.43 bits per heavy atom. The third-order valence-corrected chi connectivity index (χ3v) is 3.55. The summed E-state index contributed by atoms with van der Waals surface area (Å²) in [6, 6.07) is 2.10. The third-order valence-electron chi connectivity index (χ3n) is 3.55. The lowest BCUT2D eigenvalue weighted by atomic mass is 9.94. The van der Waals surface area contributed by atoms with Crippen molar-refractivity contribution in [2.45, 2.75) is 32.7 Å². The van der Waals surface area contributed by atoms with Crippen LogP contribution in [0.15, 0.2) is 6.20 Å². The molecule has 0 unspecified atom stereocenters.